The van der Waals surface area contributed by atoms with Crippen molar-refractivity contribution in [3.8, 4) is 0 Å². The van der Waals surface area contributed by atoms with Crippen molar-refractivity contribution in [2.24, 2.45) is 0 Å². The molecule has 0 unspecified atom stereocenters. The van der Waals surface area contributed by atoms with Crippen LogP contribution in [0, 0.1) is 6.92 Å². The molecule has 0 atom stereocenters. The van der Waals surface area contributed by atoms with E-state index in [0.717, 1.165) is 43.5 Å². The number of carbonyl (C=O) groups excluding carboxylic acids is 2. The summed E-state index contributed by atoms with van der Waals surface area (Å²) in [5.41, 5.74) is 2.15. The smallest absolute Gasteiger partial charge is 0.407 e. The van der Waals surface area contributed by atoms with Gasteiger partial charge in [0.2, 0.25) is 0 Å². The second-order valence-electron chi connectivity index (χ2n) is 8.38. The van der Waals surface area contributed by atoms with Gasteiger partial charge in [-0.2, -0.15) is 0 Å². The SMILES string of the molecule is CCN(c1cccc(C(=O)OC)c1C)[C@H]1CC[C@H](NC(=O)OC(C)(C)C)CC1. The summed E-state index contributed by atoms with van der Waals surface area (Å²) in [5, 5.41) is 2.99. The van der Waals surface area contributed by atoms with Crippen LogP contribution in [-0.2, 0) is 9.47 Å². The van der Waals surface area contributed by atoms with Crippen LogP contribution in [0.15, 0.2) is 18.2 Å². The maximum absolute atomic E-state index is 12.0. The zero-order valence-electron chi connectivity index (χ0n) is 18.0. The van der Waals surface area contributed by atoms with E-state index in [1.807, 2.05) is 33.8 Å². The van der Waals surface area contributed by atoms with Gasteiger partial charge in [-0.05, 0) is 78.0 Å². The van der Waals surface area contributed by atoms with Gasteiger partial charge in [-0.25, -0.2) is 9.59 Å². The van der Waals surface area contributed by atoms with Crippen LogP contribution >= 0.6 is 0 Å². The molecule has 1 N–H and O–H groups in total. The third-order valence-corrected chi connectivity index (χ3v) is 5.22. The van der Waals surface area contributed by atoms with Crippen molar-refractivity contribution in [2.45, 2.75) is 78.0 Å². The van der Waals surface area contributed by atoms with Gasteiger partial charge < -0.3 is 19.7 Å². The minimum atomic E-state index is -0.484. The van der Waals surface area contributed by atoms with Gasteiger partial charge in [0.25, 0.3) is 0 Å². The quantitative estimate of drug-likeness (QED) is 0.753. The lowest BCUT2D eigenvalue weighted by Crippen LogP contribution is -2.45. The van der Waals surface area contributed by atoms with E-state index in [0.29, 0.717) is 11.6 Å². The first-order valence-electron chi connectivity index (χ1n) is 10.1. The van der Waals surface area contributed by atoms with Crippen molar-refractivity contribution in [3.63, 3.8) is 0 Å². The number of alkyl carbamates (subject to hydrolysis) is 1. The maximum atomic E-state index is 12.0. The van der Waals surface area contributed by atoms with Crippen LogP contribution in [0.5, 0.6) is 0 Å². The van der Waals surface area contributed by atoms with E-state index in [2.05, 4.69) is 23.2 Å². The molecule has 1 amide bonds. The summed E-state index contributed by atoms with van der Waals surface area (Å²) < 4.78 is 10.3. The molecule has 28 heavy (non-hydrogen) atoms. The molecule has 0 aromatic heterocycles. The first-order chi connectivity index (χ1) is 13.2. The Balaban J connectivity index is 2.03. The van der Waals surface area contributed by atoms with Gasteiger partial charge in [0.1, 0.15) is 5.60 Å². The Morgan fingerprint density at radius 3 is 2.36 bits per heavy atom. The lowest BCUT2D eigenvalue weighted by Gasteiger charge is -2.39. The number of hydrogen-bond donors (Lipinski definition) is 1. The fourth-order valence-corrected chi connectivity index (χ4v) is 3.90. The van der Waals surface area contributed by atoms with Crippen LogP contribution < -0.4 is 10.2 Å². The molecule has 0 bridgehead atoms. The number of hydrogen-bond acceptors (Lipinski definition) is 5. The minimum Gasteiger partial charge on any atom is -0.465 e. The number of rotatable bonds is 5. The van der Waals surface area contributed by atoms with Crippen LogP contribution in [0.2, 0.25) is 0 Å². The molecule has 0 spiro atoms. The number of amides is 1. The Bertz CT molecular complexity index is 688. The van der Waals surface area contributed by atoms with Crippen molar-refractivity contribution in [3.05, 3.63) is 29.3 Å². The van der Waals surface area contributed by atoms with Crippen LogP contribution in [-0.4, -0.2) is 43.4 Å². The summed E-state index contributed by atoms with van der Waals surface area (Å²) >= 11 is 0. The molecule has 0 saturated heterocycles. The van der Waals surface area contributed by atoms with Crippen molar-refractivity contribution < 1.29 is 19.1 Å². The predicted octanol–water partition coefficient (Wildman–Crippen LogP) is 4.44. The fourth-order valence-electron chi connectivity index (χ4n) is 3.90. The Labute approximate surface area is 168 Å². The van der Waals surface area contributed by atoms with E-state index in [-0.39, 0.29) is 18.1 Å². The molecule has 1 aromatic carbocycles. The van der Waals surface area contributed by atoms with Gasteiger partial charge in [0.05, 0.1) is 12.7 Å². The highest BCUT2D eigenvalue weighted by atomic mass is 16.6. The van der Waals surface area contributed by atoms with Gasteiger partial charge in [-0.3, -0.25) is 0 Å². The third-order valence-electron chi connectivity index (χ3n) is 5.22. The molecule has 0 heterocycles. The van der Waals surface area contributed by atoms with Crippen molar-refractivity contribution in [2.75, 3.05) is 18.6 Å². The largest absolute Gasteiger partial charge is 0.465 e. The number of nitrogens with zero attached hydrogens (tertiary/aromatic N) is 1. The Kier molecular flexibility index (Phi) is 7.33. The van der Waals surface area contributed by atoms with Crippen LogP contribution in [0.1, 0.15) is 69.3 Å². The first-order valence-corrected chi connectivity index (χ1v) is 10.1. The summed E-state index contributed by atoms with van der Waals surface area (Å²) in [6, 6.07) is 6.31. The van der Waals surface area contributed by atoms with E-state index in [1.54, 1.807) is 6.07 Å². The van der Waals surface area contributed by atoms with Gasteiger partial charge in [0.15, 0.2) is 0 Å². The molecular formula is C22H34N2O4. The van der Waals surface area contributed by atoms with Crippen LogP contribution in [0.4, 0.5) is 10.5 Å². The number of methoxy groups -OCH3 is 1. The molecule has 0 aliphatic heterocycles. The second kappa shape index (κ2) is 9.30. The molecule has 1 saturated carbocycles. The summed E-state index contributed by atoms with van der Waals surface area (Å²) in [6.45, 7) is 10.6. The highest BCUT2D eigenvalue weighted by molar-refractivity contribution is 5.92. The Hall–Kier alpha value is -2.24. The average molecular weight is 391 g/mol. The summed E-state index contributed by atoms with van der Waals surface area (Å²) in [5.74, 6) is -0.305. The lowest BCUT2D eigenvalue weighted by atomic mass is 9.89. The van der Waals surface area contributed by atoms with Crippen molar-refractivity contribution in [1.29, 1.82) is 0 Å². The number of nitrogens with one attached hydrogen (secondary N) is 1. The number of ether oxygens (including phenoxy) is 2. The van der Waals surface area contributed by atoms with Crippen LogP contribution in [0.3, 0.4) is 0 Å². The van der Waals surface area contributed by atoms with E-state index in [1.165, 1.54) is 7.11 Å². The number of anilines is 1. The number of esters is 1. The van der Waals surface area contributed by atoms with Crippen molar-refractivity contribution in [1.82, 2.24) is 5.32 Å². The van der Waals surface area contributed by atoms with Gasteiger partial charge in [-0.15, -0.1) is 0 Å². The molecule has 6 heteroatoms. The lowest BCUT2D eigenvalue weighted by molar-refractivity contribution is 0.0490. The zero-order chi connectivity index (χ0) is 20.9. The standard InChI is InChI=1S/C22H34N2O4/c1-7-24(19-10-8-9-18(15(19)2)20(25)27-6)17-13-11-16(12-14-17)23-21(26)28-22(3,4)5/h8-10,16-17H,7,11-14H2,1-6H3,(H,23,26)/t16-,17-. The number of benzene rings is 1. The topological polar surface area (TPSA) is 67.9 Å². The molecule has 1 aliphatic rings. The van der Waals surface area contributed by atoms with Crippen molar-refractivity contribution >= 4 is 17.7 Å². The van der Waals surface area contributed by atoms with Gasteiger partial charge in [0, 0.05) is 24.3 Å². The fraction of sp³-hybridized carbons (Fsp3) is 0.636. The molecule has 0 radical (unpaired) electrons. The molecule has 1 fully saturated rings. The summed E-state index contributed by atoms with van der Waals surface area (Å²) in [7, 11) is 1.41. The van der Waals surface area contributed by atoms with E-state index >= 15 is 0 Å². The predicted molar refractivity (Wildman–Crippen MR) is 111 cm³/mol. The van der Waals surface area contributed by atoms with Crippen LogP contribution in [0.25, 0.3) is 0 Å². The van der Waals surface area contributed by atoms with Gasteiger partial charge in [-0.1, -0.05) is 6.07 Å². The van der Waals surface area contributed by atoms with E-state index in [9.17, 15) is 9.59 Å². The highest BCUT2D eigenvalue weighted by Crippen LogP contribution is 2.31. The van der Waals surface area contributed by atoms with Gasteiger partial charge >= 0.3 is 12.1 Å². The normalized spacial score (nSPS) is 19.6. The summed E-state index contributed by atoms with van der Waals surface area (Å²) in [4.78, 5) is 26.4. The summed E-state index contributed by atoms with van der Waals surface area (Å²) in [6.07, 6.45) is 3.45. The average Bonchev–Trinajstić information content (AvgIpc) is 2.62. The number of carbonyl (C=O) groups is 2. The molecule has 156 valence electrons. The molecule has 2 rings (SSSR count). The molecule has 6 nitrogen and oxygen atoms in total. The molecule has 1 aliphatic carbocycles. The van der Waals surface area contributed by atoms with E-state index in [4.69, 9.17) is 9.47 Å². The maximum Gasteiger partial charge on any atom is 0.407 e. The monoisotopic (exact) mass is 390 g/mol. The Morgan fingerprint density at radius 1 is 1.18 bits per heavy atom. The molecular weight excluding hydrogens is 356 g/mol. The second-order valence-corrected chi connectivity index (χ2v) is 8.38. The first kappa shape index (κ1) is 22.1. The highest BCUT2D eigenvalue weighted by Gasteiger charge is 2.28. The third kappa shape index (κ3) is 5.63. The zero-order valence-corrected chi connectivity index (χ0v) is 18.0. The van der Waals surface area contributed by atoms with E-state index < -0.39 is 5.60 Å². The minimum absolute atomic E-state index is 0.146. The Morgan fingerprint density at radius 2 is 1.82 bits per heavy atom. The molecule has 1 aromatic rings.